The van der Waals surface area contributed by atoms with E-state index >= 15 is 0 Å². The van der Waals surface area contributed by atoms with Crippen LogP contribution in [-0.2, 0) is 9.59 Å². The molecular weight excluding hydrogens is 354 g/mol. The second-order valence-electron chi connectivity index (χ2n) is 7.32. The van der Waals surface area contributed by atoms with Crippen LogP contribution in [0.15, 0.2) is 59.8 Å². The lowest BCUT2D eigenvalue weighted by Crippen LogP contribution is -2.38. The Labute approximate surface area is 164 Å². The molecular formula is C23H23NO4. The molecule has 2 unspecified atom stereocenters. The summed E-state index contributed by atoms with van der Waals surface area (Å²) in [6.45, 7) is 2.55. The summed E-state index contributed by atoms with van der Waals surface area (Å²) in [6, 6.07) is 14.7. The molecule has 0 bridgehead atoms. The minimum Gasteiger partial charge on any atom is -0.508 e. The van der Waals surface area contributed by atoms with Crippen molar-refractivity contribution < 1.29 is 19.4 Å². The van der Waals surface area contributed by atoms with Crippen LogP contribution in [0.3, 0.4) is 0 Å². The first-order valence-corrected chi connectivity index (χ1v) is 9.63. The smallest absolute Gasteiger partial charge is 0.225 e. The average Bonchev–Trinajstić information content (AvgIpc) is 2.68. The third-order valence-corrected chi connectivity index (χ3v) is 5.47. The molecule has 1 amide bonds. The van der Waals surface area contributed by atoms with Crippen molar-refractivity contribution in [3.8, 4) is 11.5 Å². The standard InChI is InChI=1S/C23H23NO4/c1-2-28-18-8-6-14(7-9-18)16-11-20-23(21(26)12-16)19(13-22(27)24-20)15-4-3-5-17(25)10-15/h3-10,16,19,25H,2,11-13H2,1H3,(H,24,27). The Morgan fingerprint density at radius 2 is 1.82 bits per heavy atom. The van der Waals surface area contributed by atoms with Crippen LogP contribution in [-0.4, -0.2) is 23.4 Å². The Kier molecular flexibility index (Phi) is 4.90. The zero-order valence-corrected chi connectivity index (χ0v) is 15.8. The molecule has 28 heavy (non-hydrogen) atoms. The third-order valence-electron chi connectivity index (χ3n) is 5.47. The third kappa shape index (κ3) is 3.52. The van der Waals surface area contributed by atoms with Crippen LogP contribution < -0.4 is 10.1 Å². The van der Waals surface area contributed by atoms with Crippen molar-refractivity contribution >= 4 is 11.7 Å². The van der Waals surface area contributed by atoms with Gasteiger partial charge in [0.15, 0.2) is 5.78 Å². The second-order valence-corrected chi connectivity index (χ2v) is 7.32. The number of hydrogen-bond donors (Lipinski definition) is 2. The molecule has 0 saturated carbocycles. The largest absolute Gasteiger partial charge is 0.508 e. The quantitative estimate of drug-likeness (QED) is 0.850. The van der Waals surface area contributed by atoms with Gasteiger partial charge < -0.3 is 15.2 Å². The van der Waals surface area contributed by atoms with E-state index in [2.05, 4.69) is 5.32 Å². The molecule has 2 N–H and O–H groups in total. The lowest BCUT2D eigenvalue weighted by molar-refractivity contribution is -0.122. The summed E-state index contributed by atoms with van der Waals surface area (Å²) >= 11 is 0. The van der Waals surface area contributed by atoms with Gasteiger partial charge in [-0.15, -0.1) is 0 Å². The van der Waals surface area contributed by atoms with Crippen LogP contribution in [0, 0.1) is 0 Å². The maximum Gasteiger partial charge on any atom is 0.225 e. The Morgan fingerprint density at radius 3 is 2.54 bits per heavy atom. The number of phenolic OH excluding ortho intramolecular Hbond substituents is 1. The van der Waals surface area contributed by atoms with Crippen molar-refractivity contribution in [3.05, 3.63) is 70.9 Å². The summed E-state index contributed by atoms with van der Waals surface area (Å²) in [5.74, 6) is 0.653. The van der Waals surface area contributed by atoms with E-state index in [9.17, 15) is 14.7 Å². The SMILES string of the molecule is CCOc1ccc(C2CC(=O)C3=C(C2)NC(=O)CC3c2cccc(O)c2)cc1. The fourth-order valence-corrected chi connectivity index (χ4v) is 4.23. The van der Waals surface area contributed by atoms with Gasteiger partial charge in [-0.25, -0.2) is 0 Å². The Morgan fingerprint density at radius 1 is 1.04 bits per heavy atom. The van der Waals surface area contributed by atoms with Gasteiger partial charge in [0.25, 0.3) is 0 Å². The Balaban J connectivity index is 1.65. The number of ketones is 1. The van der Waals surface area contributed by atoms with Gasteiger partial charge >= 0.3 is 0 Å². The maximum absolute atomic E-state index is 13.1. The van der Waals surface area contributed by atoms with Gasteiger partial charge in [0.2, 0.25) is 5.91 Å². The first kappa shape index (κ1) is 18.3. The maximum atomic E-state index is 13.1. The van der Waals surface area contributed by atoms with E-state index in [-0.39, 0.29) is 35.7 Å². The van der Waals surface area contributed by atoms with Gasteiger partial charge in [0.1, 0.15) is 11.5 Å². The van der Waals surface area contributed by atoms with Crippen molar-refractivity contribution in [3.63, 3.8) is 0 Å². The molecule has 5 nitrogen and oxygen atoms in total. The Bertz CT molecular complexity index is 945. The van der Waals surface area contributed by atoms with Crippen LogP contribution in [0.5, 0.6) is 11.5 Å². The molecule has 1 aliphatic heterocycles. The topological polar surface area (TPSA) is 75.6 Å². The molecule has 2 aromatic carbocycles. The summed E-state index contributed by atoms with van der Waals surface area (Å²) in [6.07, 6.45) is 1.26. The molecule has 0 fully saturated rings. The van der Waals surface area contributed by atoms with Crippen LogP contribution in [0.2, 0.25) is 0 Å². The highest BCUT2D eigenvalue weighted by atomic mass is 16.5. The van der Waals surface area contributed by atoms with Crippen molar-refractivity contribution in [1.82, 2.24) is 5.32 Å². The number of carbonyl (C=O) groups is 2. The lowest BCUT2D eigenvalue weighted by Gasteiger charge is -2.34. The van der Waals surface area contributed by atoms with Gasteiger partial charge in [-0.3, -0.25) is 9.59 Å². The number of allylic oxidation sites excluding steroid dienone is 2. The normalized spacial score (nSPS) is 21.9. The molecule has 2 atom stereocenters. The van der Waals surface area contributed by atoms with Gasteiger partial charge in [0, 0.05) is 30.0 Å². The number of ether oxygens (including phenoxy) is 1. The molecule has 144 valence electrons. The van der Waals surface area contributed by atoms with E-state index in [1.165, 1.54) is 0 Å². The fourth-order valence-electron chi connectivity index (χ4n) is 4.23. The minimum absolute atomic E-state index is 0.0325. The van der Waals surface area contributed by atoms with E-state index in [1.54, 1.807) is 18.2 Å². The number of carbonyl (C=O) groups excluding carboxylic acids is 2. The van der Waals surface area contributed by atoms with Crippen molar-refractivity contribution in [2.45, 2.75) is 38.0 Å². The molecule has 0 saturated heterocycles. The number of Topliss-reactive ketones (excluding diaryl/α,β-unsaturated/α-hetero) is 1. The summed E-state index contributed by atoms with van der Waals surface area (Å²) in [7, 11) is 0. The number of benzene rings is 2. The highest BCUT2D eigenvalue weighted by Crippen LogP contribution is 2.43. The highest BCUT2D eigenvalue weighted by Gasteiger charge is 2.38. The molecule has 2 aliphatic rings. The van der Waals surface area contributed by atoms with E-state index in [0.717, 1.165) is 22.6 Å². The lowest BCUT2D eigenvalue weighted by atomic mass is 9.73. The van der Waals surface area contributed by atoms with Crippen LogP contribution in [0.1, 0.15) is 49.1 Å². The van der Waals surface area contributed by atoms with Crippen LogP contribution in [0.25, 0.3) is 0 Å². The van der Waals surface area contributed by atoms with E-state index in [0.29, 0.717) is 25.0 Å². The molecule has 5 heteroatoms. The summed E-state index contributed by atoms with van der Waals surface area (Å²) in [4.78, 5) is 25.4. The number of rotatable bonds is 4. The predicted octanol–water partition coefficient (Wildman–Crippen LogP) is 3.80. The number of amides is 1. The fraction of sp³-hybridized carbons (Fsp3) is 0.304. The second kappa shape index (κ2) is 7.50. The number of nitrogens with one attached hydrogen (secondary N) is 1. The monoisotopic (exact) mass is 377 g/mol. The number of aromatic hydroxyl groups is 1. The van der Waals surface area contributed by atoms with E-state index in [1.807, 2.05) is 37.3 Å². The molecule has 1 aliphatic carbocycles. The van der Waals surface area contributed by atoms with Crippen LogP contribution in [0.4, 0.5) is 0 Å². The Hall–Kier alpha value is -3.08. The van der Waals surface area contributed by atoms with Gasteiger partial charge in [0.05, 0.1) is 6.61 Å². The van der Waals surface area contributed by atoms with Gasteiger partial charge in [-0.2, -0.15) is 0 Å². The van der Waals surface area contributed by atoms with E-state index in [4.69, 9.17) is 4.74 Å². The molecule has 0 spiro atoms. The number of phenols is 1. The average molecular weight is 377 g/mol. The van der Waals surface area contributed by atoms with Gasteiger partial charge in [-0.1, -0.05) is 24.3 Å². The molecule has 2 aromatic rings. The molecule has 1 heterocycles. The van der Waals surface area contributed by atoms with Crippen LogP contribution >= 0.6 is 0 Å². The zero-order chi connectivity index (χ0) is 19.7. The number of hydrogen-bond acceptors (Lipinski definition) is 4. The molecule has 0 radical (unpaired) electrons. The molecule has 4 rings (SSSR count). The molecule has 0 aromatic heterocycles. The van der Waals surface area contributed by atoms with Crippen molar-refractivity contribution in [2.75, 3.05) is 6.61 Å². The first-order chi connectivity index (χ1) is 13.5. The summed E-state index contributed by atoms with van der Waals surface area (Å²) in [5.41, 5.74) is 3.28. The van der Waals surface area contributed by atoms with Gasteiger partial charge in [-0.05, 0) is 54.7 Å². The first-order valence-electron chi connectivity index (χ1n) is 9.63. The van der Waals surface area contributed by atoms with Crippen molar-refractivity contribution in [2.24, 2.45) is 0 Å². The zero-order valence-electron chi connectivity index (χ0n) is 15.8. The van der Waals surface area contributed by atoms with Crippen molar-refractivity contribution in [1.29, 1.82) is 0 Å². The summed E-state index contributed by atoms with van der Waals surface area (Å²) < 4.78 is 5.49. The minimum atomic E-state index is -0.301. The predicted molar refractivity (Wildman–Crippen MR) is 105 cm³/mol. The van der Waals surface area contributed by atoms with E-state index < -0.39 is 0 Å². The highest BCUT2D eigenvalue weighted by molar-refractivity contribution is 6.02. The summed E-state index contributed by atoms with van der Waals surface area (Å²) in [5, 5.41) is 12.7.